The van der Waals surface area contributed by atoms with Crippen LogP contribution in [-0.4, -0.2) is 10.1 Å². The Bertz CT molecular complexity index is 528. The van der Waals surface area contributed by atoms with Crippen LogP contribution in [0, 0.1) is 6.92 Å². The van der Waals surface area contributed by atoms with Gasteiger partial charge in [0.2, 0.25) is 0 Å². The maximum Gasteiger partial charge on any atom is 0.418 e. The van der Waals surface area contributed by atoms with Gasteiger partial charge < -0.3 is 10.1 Å². The number of fused-ring (bicyclic) bond motifs is 1. The minimum Gasteiger partial charge on any atom is -0.390 e. The molecule has 0 unspecified atom stereocenters. The fourth-order valence-electron chi connectivity index (χ4n) is 1.80. The van der Waals surface area contributed by atoms with Gasteiger partial charge in [0.1, 0.15) is 0 Å². The number of nitrogens with one attached hydrogen (secondary N) is 1. The fraction of sp³-hybridized carbons (Fsp3) is 0.273. The van der Waals surface area contributed by atoms with E-state index in [9.17, 15) is 13.2 Å². The van der Waals surface area contributed by atoms with Gasteiger partial charge in [-0.05, 0) is 18.6 Å². The lowest BCUT2D eigenvalue weighted by atomic mass is 10.1. The summed E-state index contributed by atoms with van der Waals surface area (Å²) in [6, 6.07) is 4.00. The first-order chi connectivity index (χ1) is 7.45. The number of para-hydroxylation sites is 1. The SMILES string of the molecule is Cc1c(CO)[nH]c2c(C(F)(F)F)cccc12. The van der Waals surface area contributed by atoms with Gasteiger partial charge >= 0.3 is 6.18 Å². The first kappa shape index (κ1) is 11.0. The highest BCUT2D eigenvalue weighted by atomic mass is 19.4. The van der Waals surface area contributed by atoms with Gasteiger partial charge in [-0.25, -0.2) is 0 Å². The van der Waals surface area contributed by atoms with E-state index in [-0.39, 0.29) is 12.1 Å². The first-order valence-corrected chi connectivity index (χ1v) is 4.73. The van der Waals surface area contributed by atoms with Crippen LogP contribution in [0.1, 0.15) is 16.8 Å². The molecule has 0 saturated carbocycles. The van der Waals surface area contributed by atoms with E-state index in [2.05, 4.69) is 4.98 Å². The molecule has 2 nitrogen and oxygen atoms in total. The van der Waals surface area contributed by atoms with Crippen molar-refractivity contribution in [1.29, 1.82) is 0 Å². The van der Waals surface area contributed by atoms with Crippen LogP contribution in [0.5, 0.6) is 0 Å². The molecule has 0 spiro atoms. The molecule has 0 fully saturated rings. The second kappa shape index (κ2) is 3.52. The molecule has 16 heavy (non-hydrogen) atoms. The van der Waals surface area contributed by atoms with E-state index >= 15 is 0 Å². The van der Waals surface area contributed by atoms with Gasteiger partial charge in [0.05, 0.1) is 17.7 Å². The summed E-state index contributed by atoms with van der Waals surface area (Å²) in [6.07, 6.45) is -4.39. The van der Waals surface area contributed by atoms with Crippen LogP contribution in [0.4, 0.5) is 13.2 Å². The number of halogens is 3. The normalized spacial score (nSPS) is 12.3. The maximum atomic E-state index is 12.7. The first-order valence-electron chi connectivity index (χ1n) is 4.73. The van der Waals surface area contributed by atoms with E-state index in [0.717, 1.165) is 6.07 Å². The molecule has 0 amide bonds. The number of aliphatic hydroxyl groups is 1. The van der Waals surface area contributed by atoms with Crippen LogP contribution in [0.3, 0.4) is 0 Å². The van der Waals surface area contributed by atoms with Crippen molar-refractivity contribution < 1.29 is 18.3 Å². The predicted molar refractivity (Wildman–Crippen MR) is 54.0 cm³/mol. The molecule has 5 heteroatoms. The lowest BCUT2D eigenvalue weighted by molar-refractivity contribution is -0.136. The quantitative estimate of drug-likeness (QED) is 0.774. The zero-order valence-corrected chi connectivity index (χ0v) is 8.52. The number of benzene rings is 1. The highest BCUT2D eigenvalue weighted by molar-refractivity contribution is 5.87. The van der Waals surface area contributed by atoms with Crippen LogP contribution in [0.15, 0.2) is 18.2 Å². The van der Waals surface area contributed by atoms with Crippen LogP contribution in [0.2, 0.25) is 0 Å². The van der Waals surface area contributed by atoms with Gasteiger partial charge in [0.15, 0.2) is 0 Å². The zero-order valence-electron chi connectivity index (χ0n) is 8.52. The van der Waals surface area contributed by atoms with Crippen molar-refractivity contribution in [3.8, 4) is 0 Å². The second-order valence-electron chi connectivity index (χ2n) is 3.61. The summed E-state index contributed by atoms with van der Waals surface area (Å²) in [5.41, 5.74) is 0.416. The average molecular weight is 229 g/mol. The van der Waals surface area contributed by atoms with Crippen molar-refractivity contribution in [3.05, 3.63) is 35.0 Å². The summed E-state index contributed by atoms with van der Waals surface area (Å²) in [6.45, 7) is 1.39. The van der Waals surface area contributed by atoms with Crippen molar-refractivity contribution in [2.24, 2.45) is 0 Å². The second-order valence-corrected chi connectivity index (χ2v) is 3.61. The molecule has 0 bridgehead atoms. The molecule has 0 aliphatic rings. The monoisotopic (exact) mass is 229 g/mol. The molecule has 2 aromatic rings. The molecule has 1 heterocycles. The summed E-state index contributed by atoms with van der Waals surface area (Å²) >= 11 is 0. The van der Waals surface area contributed by atoms with Gasteiger partial charge in [-0.2, -0.15) is 13.2 Å². The number of hydrogen-bond acceptors (Lipinski definition) is 1. The summed E-state index contributed by atoms with van der Waals surface area (Å²) < 4.78 is 38.0. The number of aliphatic hydroxyl groups excluding tert-OH is 1. The van der Waals surface area contributed by atoms with E-state index in [1.54, 1.807) is 13.0 Å². The highest BCUT2D eigenvalue weighted by Crippen LogP contribution is 2.35. The Hall–Kier alpha value is -1.49. The molecule has 1 aromatic carbocycles. The number of aromatic amines is 1. The predicted octanol–water partition coefficient (Wildman–Crippen LogP) is 2.99. The highest BCUT2D eigenvalue weighted by Gasteiger charge is 2.33. The molecular formula is C11H10F3NO. The van der Waals surface area contributed by atoms with E-state index in [1.165, 1.54) is 6.07 Å². The van der Waals surface area contributed by atoms with Gasteiger partial charge in [0, 0.05) is 11.1 Å². The Kier molecular flexibility index (Phi) is 2.42. The molecular weight excluding hydrogens is 219 g/mol. The summed E-state index contributed by atoms with van der Waals surface area (Å²) in [5, 5.41) is 9.50. The Labute approximate surface area is 89.7 Å². The minimum absolute atomic E-state index is 0.0385. The molecule has 0 radical (unpaired) electrons. The molecule has 2 rings (SSSR count). The summed E-state index contributed by atoms with van der Waals surface area (Å²) in [4.78, 5) is 2.62. The number of hydrogen-bond donors (Lipinski definition) is 2. The lowest BCUT2D eigenvalue weighted by Crippen LogP contribution is -2.05. The number of aromatic nitrogens is 1. The Balaban J connectivity index is 2.79. The zero-order chi connectivity index (χ0) is 11.9. The standard InChI is InChI=1S/C11H10F3NO/c1-6-7-3-2-4-8(11(12,13)14)10(7)15-9(6)5-16/h2-4,15-16H,5H2,1H3. The minimum atomic E-state index is -4.39. The number of aryl methyl sites for hydroxylation is 1. The van der Waals surface area contributed by atoms with E-state index in [1.807, 2.05) is 0 Å². The number of alkyl halides is 3. The van der Waals surface area contributed by atoms with Crippen LogP contribution < -0.4 is 0 Å². The number of H-pyrrole nitrogens is 1. The molecule has 0 aliphatic carbocycles. The van der Waals surface area contributed by atoms with E-state index < -0.39 is 11.7 Å². The Morgan fingerprint density at radius 2 is 2.00 bits per heavy atom. The average Bonchev–Trinajstić information content (AvgIpc) is 2.54. The van der Waals surface area contributed by atoms with Crippen molar-refractivity contribution in [1.82, 2.24) is 4.98 Å². The molecule has 1 aromatic heterocycles. The molecule has 0 saturated heterocycles. The molecule has 86 valence electrons. The van der Waals surface area contributed by atoms with Gasteiger partial charge in [0.25, 0.3) is 0 Å². The third kappa shape index (κ3) is 1.57. The van der Waals surface area contributed by atoms with Crippen LogP contribution >= 0.6 is 0 Å². The Morgan fingerprint density at radius 3 is 2.56 bits per heavy atom. The molecule has 0 atom stereocenters. The summed E-state index contributed by atoms with van der Waals surface area (Å²) in [7, 11) is 0. The molecule has 2 N–H and O–H groups in total. The van der Waals surface area contributed by atoms with E-state index in [0.29, 0.717) is 16.6 Å². The van der Waals surface area contributed by atoms with Crippen molar-refractivity contribution in [2.75, 3.05) is 0 Å². The Morgan fingerprint density at radius 1 is 1.31 bits per heavy atom. The molecule has 0 aliphatic heterocycles. The maximum absolute atomic E-state index is 12.7. The lowest BCUT2D eigenvalue weighted by Gasteiger charge is -2.07. The van der Waals surface area contributed by atoms with Crippen molar-refractivity contribution >= 4 is 10.9 Å². The topological polar surface area (TPSA) is 36.0 Å². The van der Waals surface area contributed by atoms with Crippen molar-refractivity contribution in [2.45, 2.75) is 19.7 Å². The third-order valence-electron chi connectivity index (χ3n) is 2.66. The summed E-state index contributed by atoms with van der Waals surface area (Å²) in [5.74, 6) is 0. The van der Waals surface area contributed by atoms with Crippen LogP contribution in [0.25, 0.3) is 10.9 Å². The smallest absolute Gasteiger partial charge is 0.390 e. The fourth-order valence-corrected chi connectivity index (χ4v) is 1.80. The van der Waals surface area contributed by atoms with Gasteiger partial charge in [-0.15, -0.1) is 0 Å². The van der Waals surface area contributed by atoms with E-state index in [4.69, 9.17) is 5.11 Å². The van der Waals surface area contributed by atoms with Gasteiger partial charge in [-0.1, -0.05) is 12.1 Å². The number of rotatable bonds is 1. The van der Waals surface area contributed by atoms with Crippen LogP contribution in [-0.2, 0) is 12.8 Å². The third-order valence-corrected chi connectivity index (χ3v) is 2.66. The van der Waals surface area contributed by atoms with Crippen molar-refractivity contribution in [3.63, 3.8) is 0 Å². The van der Waals surface area contributed by atoms with Gasteiger partial charge in [-0.3, -0.25) is 0 Å². The largest absolute Gasteiger partial charge is 0.418 e.